The lowest BCUT2D eigenvalue weighted by molar-refractivity contribution is -0.142. The Hall–Kier alpha value is -3.29. The lowest BCUT2D eigenvalue weighted by atomic mass is 10.00. The van der Waals surface area contributed by atoms with Crippen LogP contribution in [0, 0.1) is 0 Å². The number of esters is 1. The maximum absolute atomic E-state index is 13.9. The molecule has 7 nitrogen and oxygen atoms in total. The van der Waals surface area contributed by atoms with Gasteiger partial charge >= 0.3 is 5.97 Å². The molecule has 3 rings (SSSR count). The molecule has 0 amide bonds. The SMILES string of the molecule is CCCCc1cc2cc(C(=O)C(C)NCC(=O)OCC)ccn2c1C(=O)c1ccc(CCCN(CCCC)CCCC)cc1. The molecule has 0 saturated carbocycles. The fourth-order valence-electron chi connectivity index (χ4n) is 5.56. The van der Waals surface area contributed by atoms with Gasteiger partial charge in [0.2, 0.25) is 5.78 Å². The minimum atomic E-state index is -0.549. The van der Waals surface area contributed by atoms with Crippen LogP contribution in [0.15, 0.2) is 48.7 Å². The zero-order valence-electron chi connectivity index (χ0n) is 27.6. The van der Waals surface area contributed by atoms with Gasteiger partial charge in [0.25, 0.3) is 0 Å². The molecule has 240 valence electrons. The van der Waals surface area contributed by atoms with E-state index >= 15 is 0 Å². The average molecular weight is 604 g/mol. The Kier molecular flexibility index (Phi) is 14.8. The Labute approximate surface area is 264 Å². The van der Waals surface area contributed by atoms with Gasteiger partial charge in [0.05, 0.1) is 24.9 Å². The van der Waals surface area contributed by atoms with E-state index in [4.69, 9.17) is 4.74 Å². The van der Waals surface area contributed by atoms with Crippen LogP contribution in [0.5, 0.6) is 0 Å². The number of Topliss-reactive ketones (excluding diaryl/α,β-unsaturated/α-hetero) is 1. The van der Waals surface area contributed by atoms with E-state index in [0.29, 0.717) is 23.4 Å². The Morgan fingerprint density at radius 3 is 2.11 bits per heavy atom. The quantitative estimate of drug-likeness (QED) is 0.104. The highest BCUT2D eigenvalue weighted by Gasteiger charge is 2.22. The largest absolute Gasteiger partial charge is 0.465 e. The van der Waals surface area contributed by atoms with Gasteiger partial charge in [-0.1, -0.05) is 64.3 Å². The Morgan fingerprint density at radius 2 is 1.48 bits per heavy atom. The third kappa shape index (κ3) is 10.1. The van der Waals surface area contributed by atoms with Gasteiger partial charge in [-0.25, -0.2) is 0 Å². The van der Waals surface area contributed by atoms with Crippen molar-refractivity contribution in [1.29, 1.82) is 0 Å². The lowest BCUT2D eigenvalue weighted by Crippen LogP contribution is -2.38. The summed E-state index contributed by atoms with van der Waals surface area (Å²) in [6.45, 7) is 13.9. The molecule has 44 heavy (non-hydrogen) atoms. The third-order valence-corrected chi connectivity index (χ3v) is 8.21. The number of carbonyl (C=O) groups excluding carboxylic acids is 3. The summed E-state index contributed by atoms with van der Waals surface area (Å²) in [6, 6.07) is 13.2. The summed E-state index contributed by atoms with van der Waals surface area (Å²) in [5.41, 5.74) is 4.94. The van der Waals surface area contributed by atoms with Gasteiger partial charge in [-0.15, -0.1) is 0 Å². The highest BCUT2D eigenvalue weighted by Crippen LogP contribution is 2.24. The number of nitrogens with zero attached hydrogens (tertiary/aromatic N) is 2. The first-order chi connectivity index (χ1) is 21.3. The smallest absolute Gasteiger partial charge is 0.319 e. The van der Waals surface area contributed by atoms with Crippen LogP contribution in [0.3, 0.4) is 0 Å². The van der Waals surface area contributed by atoms with Gasteiger partial charge in [-0.05, 0) is 101 Å². The van der Waals surface area contributed by atoms with Gasteiger partial charge in [0, 0.05) is 22.8 Å². The van der Waals surface area contributed by atoms with E-state index in [9.17, 15) is 14.4 Å². The Balaban J connectivity index is 1.74. The number of fused-ring (bicyclic) bond motifs is 1. The molecular formula is C37H53N3O4. The zero-order chi connectivity index (χ0) is 31.9. The number of hydrogen-bond acceptors (Lipinski definition) is 6. The number of hydrogen-bond donors (Lipinski definition) is 1. The van der Waals surface area contributed by atoms with Crippen LogP contribution in [-0.4, -0.2) is 65.7 Å². The summed E-state index contributed by atoms with van der Waals surface area (Å²) in [5.74, 6) is -0.505. The van der Waals surface area contributed by atoms with E-state index in [1.54, 1.807) is 19.9 Å². The summed E-state index contributed by atoms with van der Waals surface area (Å²) in [6.07, 6.45) is 11.7. The van der Waals surface area contributed by atoms with Crippen molar-refractivity contribution in [3.63, 3.8) is 0 Å². The minimum absolute atomic E-state index is 0.00323. The highest BCUT2D eigenvalue weighted by atomic mass is 16.5. The number of ketones is 2. The second kappa shape index (κ2) is 18.5. The summed E-state index contributed by atoms with van der Waals surface area (Å²) >= 11 is 0. The number of ether oxygens (including phenoxy) is 1. The minimum Gasteiger partial charge on any atom is -0.465 e. The molecule has 1 atom stereocenters. The lowest BCUT2D eigenvalue weighted by Gasteiger charge is -2.21. The number of rotatable bonds is 21. The third-order valence-electron chi connectivity index (χ3n) is 8.21. The number of aromatic nitrogens is 1. The predicted octanol–water partition coefficient (Wildman–Crippen LogP) is 7.07. The average Bonchev–Trinajstić information content (AvgIpc) is 3.40. The molecule has 0 spiro atoms. The maximum atomic E-state index is 13.9. The fourth-order valence-corrected chi connectivity index (χ4v) is 5.56. The van der Waals surface area contributed by atoms with E-state index < -0.39 is 6.04 Å². The number of aryl methyl sites for hydroxylation is 2. The van der Waals surface area contributed by atoms with Gasteiger partial charge in [0.15, 0.2) is 5.78 Å². The van der Waals surface area contributed by atoms with Crippen LogP contribution in [0.2, 0.25) is 0 Å². The number of pyridine rings is 1. The van der Waals surface area contributed by atoms with Crippen molar-refractivity contribution in [3.8, 4) is 0 Å². The molecule has 0 fully saturated rings. The molecule has 2 aromatic heterocycles. The number of nitrogens with one attached hydrogen (secondary N) is 1. The number of unbranched alkanes of at least 4 members (excludes halogenated alkanes) is 3. The summed E-state index contributed by atoms with van der Waals surface area (Å²) < 4.78 is 6.86. The molecule has 1 N–H and O–H groups in total. The molecule has 0 saturated heterocycles. The van der Waals surface area contributed by atoms with E-state index in [1.807, 2.05) is 34.9 Å². The number of benzene rings is 1. The van der Waals surface area contributed by atoms with Crippen LogP contribution in [0.4, 0.5) is 0 Å². The van der Waals surface area contributed by atoms with Crippen LogP contribution >= 0.6 is 0 Å². The maximum Gasteiger partial charge on any atom is 0.319 e. The molecule has 0 radical (unpaired) electrons. The van der Waals surface area contributed by atoms with Crippen molar-refractivity contribution in [1.82, 2.24) is 14.6 Å². The summed E-state index contributed by atoms with van der Waals surface area (Å²) in [4.78, 5) is 41.3. The summed E-state index contributed by atoms with van der Waals surface area (Å²) in [5, 5.41) is 2.95. The zero-order valence-corrected chi connectivity index (χ0v) is 27.6. The van der Waals surface area contributed by atoms with Gasteiger partial charge in [0.1, 0.15) is 0 Å². The second-order valence-corrected chi connectivity index (χ2v) is 11.8. The molecule has 3 aromatic rings. The molecule has 0 aliphatic carbocycles. The van der Waals surface area contributed by atoms with E-state index in [2.05, 4.69) is 43.1 Å². The monoisotopic (exact) mass is 603 g/mol. The molecule has 1 aromatic carbocycles. The molecular weight excluding hydrogens is 550 g/mol. The fraction of sp³-hybridized carbons (Fsp3) is 0.541. The van der Waals surface area contributed by atoms with Crippen molar-refractivity contribution >= 4 is 23.1 Å². The van der Waals surface area contributed by atoms with Crippen molar-refractivity contribution in [2.24, 2.45) is 0 Å². The van der Waals surface area contributed by atoms with E-state index in [0.717, 1.165) is 49.7 Å². The van der Waals surface area contributed by atoms with Crippen molar-refractivity contribution in [2.45, 2.75) is 98.4 Å². The second-order valence-electron chi connectivity index (χ2n) is 11.8. The Morgan fingerprint density at radius 1 is 0.818 bits per heavy atom. The van der Waals surface area contributed by atoms with Crippen molar-refractivity contribution in [3.05, 3.63) is 76.6 Å². The van der Waals surface area contributed by atoms with Crippen LogP contribution in [0.1, 0.15) is 117 Å². The number of carbonyl (C=O) groups is 3. The molecule has 0 bridgehead atoms. The molecule has 0 aliphatic rings. The van der Waals surface area contributed by atoms with Crippen molar-refractivity contribution < 1.29 is 19.1 Å². The van der Waals surface area contributed by atoms with E-state index in [1.165, 1.54) is 44.3 Å². The Bertz CT molecular complexity index is 1340. The van der Waals surface area contributed by atoms with Crippen LogP contribution in [-0.2, 0) is 22.4 Å². The predicted molar refractivity (Wildman–Crippen MR) is 179 cm³/mol. The molecule has 1 unspecified atom stereocenters. The normalized spacial score (nSPS) is 12.1. The van der Waals surface area contributed by atoms with Crippen molar-refractivity contribution in [2.75, 3.05) is 32.8 Å². The molecule has 2 heterocycles. The van der Waals surface area contributed by atoms with Crippen LogP contribution < -0.4 is 5.32 Å². The van der Waals surface area contributed by atoms with Gasteiger partial charge < -0.3 is 14.0 Å². The molecule has 7 heteroatoms. The van der Waals surface area contributed by atoms with Gasteiger partial charge in [-0.2, -0.15) is 0 Å². The topological polar surface area (TPSA) is 80.1 Å². The first-order valence-electron chi connectivity index (χ1n) is 16.8. The highest BCUT2D eigenvalue weighted by molar-refractivity contribution is 6.10. The van der Waals surface area contributed by atoms with E-state index in [-0.39, 0.29) is 24.1 Å². The standard InChI is InChI=1S/C37H53N3O4/c1-6-10-15-31-25-33-26-32(36(42)28(5)38-27-34(41)44-9-4)20-24-40(33)35(31)37(43)30-18-16-29(17-19-30)14-13-23-39(21-11-7-2)22-12-8-3/h16-20,24-26,28,38H,6-15,21-23,27H2,1-5H3. The summed E-state index contributed by atoms with van der Waals surface area (Å²) in [7, 11) is 0. The first-order valence-corrected chi connectivity index (χ1v) is 16.8. The van der Waals surface area contributed by atoms with Gasteiger partial charge in [-0.3, -0.25) is 19.7 Å². The molecule has 0 aliphatic heterocycles. The first kappa shape index (κ1) is 35.2. The van der Waals surface area contributed by atoms with Crippen LogP contribution in [0.25, 0.3) is 5.52 Å².